The van der Waals surface area contributed by atoms with Crippen LogP contribution in [-0.4, -0.2) is 47.0 Å². The van der Waals surface area contributed by atoms with Gasteiger partial charge in [-0.05, 0) is 29.8 Å². The van der Waals surface area contributed by atoms with Crippen LogP contribution in [0.1, 0.15) is 12.0 Å². The standard InChI is InChI=1S/C23H24N4O4/c1-31-18-7-8-20-17(13-18)9-11-26(20)12-10-24-21(28)14-19-22(29)27(23(30)25-19)15-16-5-3-2-4-6-16/h2-9,11,13,19H,10,12,14-15H2,1H3,(H,24,28)(H,25,30)/t19-/m0/s1. The molecule has 0 spiro atoms. The molecule has 2 N–H and O–H groups in total. The van der Waals surface area contributed by atoms with E-state index in [9.17, 15) is 14.4 Å². The summed E-state index contributed by atoms with van der Waals surface area (Å²) < 4.78 is 7.28. The Morgan fingerprint density at radius 2 is 1.94 bits per heavy atom. The van der Waals surface area contributed by atoms with Crippen LogP contribution >= 0.6 is 0 Å². The maximum Gasteiger partial charge on any atom is 0.325 e. The average Bonchev–Trinajstić information content (AvgIpc) is 3.30. The molecule has 2 heterocycles. The molecule has 1 atom stereocenters. The number of urea groups is 1. The molecule has 8 nitrogen and oxygen atoms in total. The number of benzene rings is 2. The summed E-state index contributed by atoms with van der Waals surface area (Å²) >= 11 is 0. The second-order valence-corrected chi connectivity index (χ2v) is 7.40. The average molecular weight is 420 g/mol. The first-order valence-electron chi connectivity index (χ1n) is 10.1. The van der Waals surface area contributed by atoms with E-state index in [0.29, 0.717) is 13.1 Å². The van der Waals surface area contributed by atoms with Gasteiger partial charge in [-0.3, -0.25) is 14.5 Å². The number of rotatable bonds is 8. The van der Waals surface area contributed by atoms with Gasteiger partial charge in [-0.25, -0.2) is 4.79 Å². The van der Waals surface area contributed by atoms with Crippen molar-refractivity contribution in [3.05, 3.63) is 66.4 Å². The highest BCUT2D eigenvalue weighted by molar-refractivity contribution is 6.05. The Hall–Kier alpha value is -3.81. The zero-order valence-electron chi connectivity index (χ0n) is 17.2. The first kappa shape index (κ1) is 20.5. The van der Waals surface area contributed by atoms with E-state index in [0.717, 1.165) is 27.1 Å². The third kappa shape index (κ3) is 4.53. The van der Waals surface area contributed by atoms with Crippen LogP contribution < -0.4 is 15.4 Å². The molecule has 0 radical (unpaired) electrons. The maximum absolute atomic E-state index is 12.6. The Morgan fingerprint density at radius 3 is 2.71 bits per heavy atom. The van der Waals surface area contributed by atoms with Crippen LogP contribution in [-0.2, 0) is 22.7 Å². The molecule has 1 aliphatic heterocycles. The van der Waals surface area contributed by atoms with Crippen molar-refractivity contribution in [2.45, 2.75) is 25.6 Å². The number of ether oxygens (including phenoxy) is 1. The van der Waals surface area contributed by atoms with Crippen LogP contribution in [0.2, 0.25) is 0 Å². The van der Waals surface area contributed by atoms with Crippen LogP contribution in [0.15, 0.2) is 60.8 Å². The first-order valence-corrected chi connectivity index (χ1v) is 10.1. The number of aromatic nitrogens is 1. The molecule has 160 valence electrons. The number of amides is 4. The molecular weight excluding hydrogens is 396 g/mol. The van der Waals surface area contributed by atoms with Gasteiger partial charge in [0.15, 0.2) is 0 Å². The molecule has 4 rings (SSSR count). The van der Waals surface area contributed by atoms with Gasteiger partial charge in [0, 0.05) is 30.2 Å². The van der Waals surface area contributed by atoms with Crippen molar-refractivity contribution in [1.82, 2.24) is 20.1 Å². The minimum absolute atomic E-state index is 0.0838. The number of nitrogens with one attached hydrogen (secondary N) is 2. The van der Waals surface area contributed by atoms with Gasteiger partial charge in [0.2, 0.25) is 5.91 Å². The molecule has 1 fully saturated rings. The highest BCUT2D eigenvalue weighted by atomic mass is 16.5. The number of imide groups is 1. The maximum atomic E-state index is 12.6. The summed E-state index contributed by atoms with van der Waals surface area (Å²) in [4.78, 5) is 38.2. The smallest absolute Gasteiger partial charge is 0.325 e. The van der Waals surface area contributed by atoms with E-state index in [1.165, 1.54) is 0 Å². The van der Waals surface area contributed by atoms with Crippen LogP contribution in [0.3, 0.4) is 0 Å². The van der Waals surface area contributed by atoms with Gasteiger partial charge in [-0.2, -0.15) is 0 Å². The zero-order valence-corrected chi connectivity index (χ0v) is 17.2. The van der Waals surface area contributed by atoms with Gasteiger partial charge in [0.1, 0.15) is 11.8 Å². The SMILES string of the molecule is COc1ccc2c(ccn2CCNC(=O)C[C@@H]2NC(=O)N(Cc3ccccc3)C2=O)c1. The summed E-state index contributed by atoms with van der Waals surface area (Å²) in [6.45, 7) is 1.19. The van der Waals surface area contributed by atoms with E-state index >= 15 is 0 Å². The van der Waals surface area contributed by atoms with Gasteiger partial charge < -0.3 is 19.9 Å². The molecule has 1 saturated heterocycles. The summed E-state index contributed by atoms with van der Waals surface area (Å²) in [5.41, 5.74) is 1.90. The lowest BCUT2D eigenvalue weighted by Gasteiger charge is -2.13. The number of methoxy groups -OCH3 is 1. The molecule has 0 saturated carbocycles. The van der Waals surface area contributed by atoms with Gasteiger partial charge in [-0.15, -0.1) is 0 Å². The van der Waals surface area contributed by atoms with Gasteiger partial charge in [0.25, 0.3) is 5.91 Å². The van der Waals surface area contributed by atoms with Crippen molar-refractivity contribution in [1.29, 1.82) is 0 Å². The Morgan fingerprint density at radius 1 is 1.13 bits per heavy atom. The highest BCUT2D eigenvalue weighted by Crippen LogP contribution is 2.21. The Bertz CT molecular complexity index is 1110. The highest BCUT2D eigenvalue weighted by Gasteiger charge is 2.38. The van der Waals surface area contributed by atoms with Crippen LogP contribution in [0, 0.1) is 0 Å². The van der Waals surface area contributed by atoms with E-state index in [2.05, 4.69) is 10.6 Å². The molecule has 31 heavy (non-hydrogen) atoms. The lowest BCUT2D eigenvalue weighted by Crippen LogP contribution is -2.37. The quantitative estimate of drug-likeness (QED) is 0.547. The predicted molar refractivity (Wildman–Crippen MR) is 115 cm³/mol. The van der Waals surface area contributed by atoms with Gasteiger partial charge in [-0.1, -0.05) is 30.3 Å². The molecule has 3 aromatic rings. The minimum atomic E-state index is -0.837. The molecule has 0 unspecified atom stereocenters. The minimum Gasteiger partial charge on any atom is -0.497 e. The number of hydrogen-bond donors (Lipinski definition) is 2. The molecule has 1 aliphatic rings. The number of fused-ring (bicyclic) bond motifs is 1. The van der Waals surface area contributed by atoms with E-state index in [1.807, 2.05) is 65.4 Å². The lowest BCUT2D eigenvalue weighted by atomic mass is 10.1. The zero-order chi connectivity index (χ0) is 21.8. The van der Waals surface area contributed by atoms with Crippen molar-refractivity contribution in [2.24, 2.45) is 0 Å². The van der Waals surface area contributed by atoms with Crippen LogP contribution in [0.4, 0.5) is 4.79 Å². The number of nitrogens with zero attached hydrogens (tertiary/aromatic N) is 2. The molecule has 0 aliphatic carbocycles. The van der Waals surface area contributed by atoms with E-state index in [4.69, 9.17) is 4.74 Å². The lowest BCUT2D eigenvalue weighted by molar-refractivity contribution is -0.131. The number of hydrogen-bond acceptors (Lipinski definition) is 4. The van der Waals surface area contributed by atoms with E-state index in [-0.39, 0.29) is 24.8 Å². The Kier molecular flexibility index (Phi) is 5.88. The van der Waals surface area contributed by atoms with E-state index in [1.54, 1.807) is 7.11 Å². The van der Waals surface area contributed by atoms with Crippen molar-refractivity contribution in [2.75, 3.05) is 13.7 Å². The molecule has 2 aromatic carbocycles. The van der Waals surface area contributed by atoms with Crippen LogP contribution in [0.5, 0.6) is 5.75 Å². The summed E-state index contributed by atoms with van der Waals surface area (Å²) in [7, 11) is 1.63. The van der Waals surface area contributed by atoms with Crippen molar-refractivity contribution >= 4 is 28.7 Å². The van der Waals surface area contributed by atoms with Gasteiger partial charge >= 0.3 is 6.03 Å². The normalized spacial score (nSPS) is 15.9. The molecule has 8 heteroatoms. The number of carbonyl (C=O) groups is 3. The Labute approximate surface area is 179 Å². The van der Waals surface area contributed by atoms with Crippen molar-refractivity contribution in [3.63, 3.8) is 0 Å². The van der Waals surface area contributed by atoms with Crippen molar-refractivity contribution in [3.8, 4) is 5.75 Å². The fourth-order valence-electron chi connectivity index (χ4n) is 3.70. The van der Waals surface area contributed by atoms with Crippen molar-refractivity contribution < 1.29 is 19.1 Å². The van der Waals surface area contributed by atoms with E-state index < -0.39 is 12.1 Å². The topological polar surface area (TPSA) is 92.7 Å². The molecular formula is C23H24N4O4. The largest absolute Gasteiger partial charge is 0.497 e. The Balaban J connectivity index is 1.28. The first-order chi connectivity index (χ1) is 15.0. The number of carbonyl (C=O) groups excluding carboxylic acids is 3. The second-order valence-electron chi connectivity index (χ2n) is 7.40. The summed E-state index contributed by atoms with van der Waals surface area (Å²) in [6.07, 6.45) is 1.87. The predicted octanol–water partition coefficient (Wildman–Crippen LogP) is 2.28. The third-order valence-corrected chi connectivity index (χ3v) is 5.33. The second kappa shape index (κ2) is 8.91. The molecule has 1 aromatic heterocycles. The fraction of sp³-hybridized carbons (Fsp3) is 0.261. The third-order valence-electron chi connectivity index (χ3n) is 5.33. The summed E-state index contributed by atoms with van der Waals surface area (Å²) in [5.74, 6) is 0.135. The molecule has 0 bridgehead atoms. The summed E-state index contributed by atoms with van der Waals surface area (Å²) in [5, 5.41) is 6.49. The fourth-order valence-corrected chi connectivity index (χ4v) is 3.70. The van der Waals surface area contributed by atoms with Crippen LogP contribution in [0.25, 0.3) is 10.9 Å². The molecule has 4 amide bonds. The monoisotopic (exact) mass is 420 g/mol. The van der Waals surface area contributed by atoms with Gasteiger partial charge in [0.05, 0.1) is 20.1 Å². The summed E-state index contributed by atoms with van der Waals surface area (Å²) in [6, 6.07) is 15.8.